The average molecular weight is 555 g/mol. The van der Waals surface area contributed by atoms with Gasteiger partial charge >= 0.3 is 0 Å². The van der Waals surface area contributed by atoms with Gasteiger partial charge in [-0.25, -0.2) is 5.43 Å². The third-order valence-corrected chi connectivity index (χ3v) is 6.10. The molecule has 2 aromatic heterocycles. The van der Waals surface area contributed by atoms with Crippen molar-refractivity contribution in [3.05, 3.63) is 111 Å². The number of halogens is 1. The fraction of sp³-hybridized carbons (Fsp3) is 0.0714. The minimum absolute atomic E-state index is 0.0212. The van der Waals surface area contributed by atoms with Gasteiger partial charge in [-0.3, -0.25) is 10.1 Å². The van der Waals surface area contributed by atoms with Crippen LogP contribution in [0.15, 0.2) is 88.4 Å². The lowest BCUT2D eigenvalue weighted by molar-refractivity contribution is -0.384. The molecule has 0 aliphatic heterocycles. The van der Waals surface area contributed by atoms with Gasteiger partial charge in [0.25, 0.3) is 5.69 Å². The molecule has 0 spiro atoms. The molecule has 12 heteroatoms. The Morgan fingerprint density at radius 2 is 1.48 bits per heavy atom. The van der Waals surface area contributed by atoms with Crippen molar-refractivity contribution in [3.8, 4) is 11.3 Å². The molecule has 0 bridgehead atoms. The lowest BCUT2D eigenvalue weighted by Crippen LogP contribution is -2.07. The number of nitrogens with one attached hydrogen (secondary N) is 3. The van der Waals surface area contributed by atoms with Gasteiger partial charge < -0.3 is 15.1 Å². The average Bonchev–Trinajstić information content (AvgIpc) is 3.40. The zero-order chi connectivity index (χ0) is 28.1. The van der Waals surface area contributed by atoms with Gasteiger partial charge in [0.2, 0.25) is 17.8 Å². The van der Waals surface area contributed by atoms with Gasteiger partial charge in [0.1, 0.15) is 11.5 Å². The molecule has 5 rings (SSSR count). The highest BCUT2D eigenvalue weighted by Gasteiger charge is 2.10. The molecule has 0 amide bonds. The van der Waals surface area contributed by atoms with Crippen molar-refractivity contribution in [3.63, 3.8) is 0 Å². The first-order valence-corrected chi connectivity index (χ1v) is 12.5. The van der Waals surface area contributed by atoms with E-state index in [1.165, 1.54) is 18.3 Å². The Balaban J connectivity index is 1.36. The molecule has 2 heterocycles. The summed E-state index contributed by atoms with van der Waals surface area (Å²) in [6.45, 7) is 4.05. The number of anilines is 5. The van der Waals surface area contributed by atoms with Crippen LogP contribution in [-0.2, 0) is 0 Å². The maximum absolute atomic E-state index is 11.0. The molecule has 200 valence electrons. The maximum atomic E-state index is 11.0. The molecule has 0 aliphatic rings. The summed E-state index contributed by atoms with van der Waals surface area (Å²) in [5.74, 6) is 1.82. The number of hydrogen-bond acceptors (Lipinski definition) is 10. The summed E-state index contributed by atoms with van der Waals surface area (Å²) in [6.07, 6.45) is 1.50. The number of benzene rings is 3. The van der Waals surface area contributed by atoms with Crippen molar-refractivity contribution in [1.82, 2.24) is 15.0 Å². The van der Waals surface area contributed by atoms with Gasteiger partial charge in [0, 0.05) is 34.1 Å². The summed E-state index contributed by atoms with van der Waals surface area (Å²) < 4.78 is 5.84. The van der Waals surface area contributed by atoms with E-state index in [2.05, 4.69) is 36.1 Å². The van der Waals surface area contributed by atoms with E-state index in [-0.39, 0.29) is 23.5 Å². The molecule has 40 heavy (non-hydrogen) atoms. The molecule has 0 aliphatic carbocycles. The monoisotopic (exact) mass is 554 g/mol. The predicted molar refractivity (Wildman–Crippen MR) is 156 cm³/mol. The molecule has 0 radical (unpaired) electrons. The van der Waals surface area contributed by atoms with Gasteiger partial charge in [-0.15, -0.1) is 0 Å². The van der Waals surface area contributed by atoms with Crippen LogP contribution >= 0.6 is 11.6 Å². The van der Waals surface area contributed by atoms with E-state index in [1.54, 1.807) is 30.3 Å². The standard InChI is InChI=1S/C28H23ClN8O3/c1-17-3-8-22(15-18(17)2)32-27-33-26(31-21-9-11-23(12-10-21)37(38)39)34-28(35-27)36-30-16-24-13-14-25(40-24)19-4-6-20(29)7-5-19/h3-16H,1-2H3,(H3,31,32,33,34,35,36)/b30-16-. The minimum atomic E-state index is -0.463. The molecular formula is C28H23ClN8O3. The number of nitro groups is 1. The fourth-order valence-electron chi connectivity index (χ4n) is 3.63. The Bertz CT molecular complexity index is 1690. The topological polar surface area (TPSA) is 143 Å². The van der Waals surface area contributed by atoms with E-state index in [9.17, 15) is 10.1 Å². The van der Waals surface area contributed by atoms with Crippen molar-refractivity contribution in [1.29, 1.82) is 0 Å². The number of hydrogen-bond donors (Lipinski definition) is 3. The second kappa shape index (κ2) is 11.6. The number of aryl methyl sites for hydroxylation is 2. The van der Waals surface area contributed by atoms with Crippen molar-refractivity contribution in [2.45, 2.75) is 13.8 Å². The number of rotatable bonds is 9. The molecule has 0 unspecified atom stereocenters. The van der Waals surface area contributed by atoms with Crippen molar-refractivity contribution >= 4 is 52.7 Å². The van der Waals surface area contributed by atoms with Crippen LogP contribution in [0.1, 0.15) is 16.9 Å². The quantitative estimate of drug-likeness (QED) is 0.0974. The minimum Gasteiger partial charge on any atom is -0.455 e. The summed E-state index contributed by atoms with van der Waals surface area (Å²) in [5, 5.41) is 22.1. The first-order chi connectivity index (χ1) is 19.3. The predicted octanol–water partition coefficient (Wildman–Crippen LogP) is 7.24. The normalized spacial score (nSPS) is 11.0. The SMILES string of the molecule is Cc1ccc(Nc2nc(N/N=C\c3ccc(-c4ccc(Cl)cc4)o3)nc(Nc3ccc([N+](=O)[O-])cc3)n2)cc1C. The van der Waals surface area contributed by atoms with Crippen LogP contribution in [0.25, 0.3) is 11.3 Å². The van der Waals surface area contributed by atoms with E-state index in [1.807, 2.05) is 50.2 Å². The number of hydrazone groups is 1. The summed E-state index contributed by atoms with van der Waals surface area (Å²) in [4.78, 5) is 23.8. The molecule has 0 saturated carbocycles. The number of nitrogens with zero attached hydrogens (tertiary/aromatic N) is 5. The number of non-ortho nitro benzene ring substituents is 1. The second-order valence-electron chi connectivity index (χ2n) is 8.74. The summed E-state index contributed by atoms with van der Waals surface area (Å²) in [5.41, 5.74) is 7.31. The molecule has 5 aromatic rings. The van der Waals surface area contributed by atoms with E-state index in [0.717, 1.165) is 22.4 Å². The third-order valence-electron chi connectivity index (χ3n) is 5.84. The summed E-state index contributed by atoms with van der Waals surface area (Å²) in [6, 6.07) is 22.8. The van der Waals surface area contributed by atoms with Crippen LogP contribution in [0.4, 0.5) is 34.9 Å². The van der Waals surface area contributed by atoms with Gasteiger partial charge in [0.05, 0.1) is 11.1 Å². The van der Waals surface area contributed by atoms with Gasteiger partial charge in [-0.1, -0.05) is 17.7 Å². The van der Waals surface area contributed by atoms with E-state index >= 15 is 0 Å². The number of nitro benzene ring substituents is 1. The van der Waals surface area contributed by atoms with Crippen molar-refractivity contribution in [2.24, 2.45) is 5.10 Å². The Hall–Kier alpha value is -5.29. The highest BCUT2D eigenvalue weighted by molar-refractivity contribution is 6.30. The van der Waals surface area contributed by atoms with Gasteiger partial charge in [-0.2, -0.15) is 20.1 Å². The molecule has 11 nitrogen and oxygen atoms in total. The molecule has 0 atom stereocenters. The van der Waals surface area contributed by atoms with E-state index in [0.29, 0.717) is 22.2 Å². The Morgan fingerprint density at radius 1 is 0.825 bits per heavy atom. The molecular weight excluding hydrogens is 532 g/mol. The Morgan fingerprint density at radius 3 is 2.15 bits per heavy atom. The third kappa shape index (κ3) is 6.58. The van der Waals surface area contributed by atoms with Gasteiger partial charge in [-0.05, 0) is 85.6 Å². The van der Waals surface area contributed by atoms with Crippen LogP contribution in [-0.4, -0.2) is 26.1 Å². The summed E-state index contributed by atoms with van der Waals surface area (Å²) in [7, 11) is 0. The lowest BCUT2D eigenvalue weighted by Gasteiger charge is -2.11. The van der Waals surface area contributed by atoms with Crippen molar-refractivity contribution in [2.75, 3.05) is 16.1 Å². The van der Waals surface area contributed by atoms with Crippen LogP contribution < -0.4 is 16.1 Å². The highest BCUT2D eigenvalue weighted by atomic mass is 35.5. The smallest absolute Gasteiger partial charge is 0.269 e. The number of furan rings is 1. The number of aromatic nitrogens is 3. The zero-order valence-electron chi connectivity index (χ0n) is 21.4. The first-order valence-electron chi connectivity index (χ1n) is 12.1. The van der Waals surface area contributed by atoms with Crippen LogP contribution in [0.3, 0.4) is 0 Å². The maximum Gasteiger partial charge on any atom is 0.269 e. The van der Waals surface area contributed by atoms with Gasteiger partial charge in [0.15, 0.2) is 0 Å². The summed E-state index contributed by atoms with van der Waals surface area (Å²) >= 11 is 5.96. The lowest BCUT2D eigenvalue weighted by atomic mass is 10.1. The Labute approximate surface area is 234 Å². The molecule has 3 aromatic carbocycles. The molecule has 0 saturated heterocycles. The van der Waals surface area contributed by atoms with Crippen molar-refractivity contribution < 1.29 is 9.34 Å². The van der Waals surface area contributed by atoms with Crippen LogP contribution in [0, 0.1) is 24.0 Å². The van der Waals surface area contributed by atoms with Crippen LogP contribution in [0.5, 0.6) is 0 Å². The molecule has 0 fully saturated rings. The second-order valence-corrected chi connectivity index (χ2v) is 9.17. The van der Waals surface area contributed by atoms with E-state index < -0.39 is 4.92 Å². The van der Waals surface area contributed by atoms with Crippen LogP contribution in [0.2, 0.25) is 5.02 Å². The molecule has 3 N–H and O–H groups in total. The Kier molecular flexibility index (Phi) is 7.65. The largest absolute Gasteiger partial charge is 0.455 e. The van der Waals surface area contributed by atoms with E-state index in [4.69, 9.17) is 16.0 Å². The fourth-order valence-corrected chi connectivity index (χ4v) is 3.75. The zero-order valence-corrected chi connectivity index (χ0v) is 22.2. The highest BCUT2D eigenvalue weighted by Crippen LogP contribution is 2.24. The first kappa shape index (κ1) is 26.3.